The van der Waals surface area contributed by atoms with Crippen LogP contribution in [-0.2, 0) is 24.1 Å². The molecule has 2 aliphatic rings. The largest absolute Gasteiger partial charge is 0.444 e. The van der Waals surface area contributed by atoms with Gasteiger partial charge < -0.3 is 14.2 Å². The summed E-state index contributed by atoms with van der Waals surface area (Å²) in [5.74, 6) is 1.47. The monoisotopic (exact) mass is 503 g/mol. The lowest BCUT2D eigenvalue weighted by atomic mass is 9.88. The molecule has 3 aromatic rings. The van der Waals surface area contributed by atoms with Crippen molar-refractivity contribution >= 4 is 6.09 Å². The van der Waals surface area contributed by atoms with E-state index in [0.29, 0.717) is 30.7 Å². The lowest BCUT2D eigenvalue weighted by molar-refractivity contribution is 0.0205. The highest BCUT2D eigenvalue weighted by Gasteiger charge is 2.29. The summed E-state index contributed by atoms with van der Waals surface area (Å²) < 4.78 is 13.3. The number of rotatable bonds is 4. The molecule has 5 rings (SSSR count). The van der Waals surface area contributed by atoms with Crippen LogP contribution in [0.15, 0.2) is 34.9 Å². The van der Waals surface area contributed by atoms with Crippen LogP contribution in [0.4, 0.5) is 4.79 Å². The number of carbonyl (C=O) groups excluding carboxylic acids is 1. The van der Waals surface area contributed by atoms with Crippen LogP contribution < -0.4 is 0 Å². The second-order valence-corrected chi connectivity index (χ2v) is 11.3. The van der Waals surface area contributed by atoms with Crippen LogP contribution in [0.3, 0.4) is 0 Å². The zero-order valence-corrected chi connectivity index (χ0v) is 22.6. The molecule has 1 amide bonds. The summed E-state index contributed by atoms with van der Waals surface area (Å²) >= 11 is 0. The Bertz CT molecular complexity index is 1320. The molecule has 3 heterocycles. The maximum Gasteiger partial charge on any atom is 0.410 e. The number of aromatic nitrogens is 4. The number of allylic oxidation sites excluding steroid dienone is 1. The first kappa shape index (κ1) is 25.2. The number of fused-ring (bicyclic) bond motifs is 1. The number of benzene rings is 1. The average molecular weight is 504 g/mol. The zero-order chi connectivity index (χ0) is 26.3. The molecule has 8 heteroatoms. The summed E-state index contributed by atoms with van der Waals surface area (Å²) in [4.78, 5) is 19.0. The van der Waals surface area contributed by atoms with Gasteiger partial charge in [-0.15, -0.1) is 0 Å². The Labute approximate surface area is 218 Å². The molecule has 1 saturated heterocycles. The summed E-state index contributed by atoms with van der Waals surface area (Å²) in [6.45, 7) is 16.3. The molecule has 37 heavy (non-hydrogen) atoms. The predicted molar refractivity (Wildman–Crippen MR) is 142 cm³/mol. The highest BCUT2D eigenvalue weighted by molar-refractivity contribution is 5.68. The minimum absolute atomic E-state index is 0.222. The number of ether oxygens (including phenoxy) is 1. The maximum absolute atomic E-state index is 12.4. The fourth-order valence-electron chi connectivity index (χ4n) is 5.40. The molecule has 0 radical (unpaired) electrons. The van der Waals surface area contributed by atoms with Gasteiger partial charge in [-0.3, -0.25) is 4.68 Å². The number of piperidine rings is 1. The Balaban J connectivity index is 1.30. The Hall–Kier alpha value is -3.42. The molecular weight excluding hydrogens is 466 g/mol. The Kier molecular flexibility index (Phi) is 6.68. The van der Waals surface area contributed by atoms with Gasteiger partial charge in [-0.2, -0.15) is 10.1 Å². The molecule has 1 aliphatic heterocycles. The van der Waals surface area contributed by atoms with Crippen LogP contribution in [0.2, 0.25) is 0 Å². The van der Waals surface area contributed by atoms with Crippen LogP contribution in [0.5, 0.6) is 0 Å². The molecule has 0 bridgehead atoms. The Morgan fingerprint density at radius 3 is 2.65 bits per heavy atom. The van der Waals surface area contributed by atoms with Gasteiger partial charge in [0.2, 0.25) is 5.82 Å². The van der Waals surface area contributed by atoms with Gasteiger partial charge in [0.25, 0.3) is 5.89 Å². The topological polar surface area (TPSA) is 86.3 Å². The summed E-state index contributed by atoms with van der Waals surface area (Å²) in [6.07, 6.45) is 4.34. The number of likely N-dealkylation sites (tertiary alicyclic amines) is 1. The molecule has 1 aromatic carbocycles. The van der Waals surface area contributed by atoms with Crippen molar-refractivity contribution in [2.45, 2.75) is 84.8 Å². The molecule has 0 spiro atoms. The maximum atomic E-state index is 12.4. The number of amides is 1. The molecule has 1 fully saturated rings. The number of carbonyl (C=O) groups is 1. The SMILES string of the molecule is C=C1CCc2c(-c3nc(-c4ccc(C5CCN(C(=O)OC(C)(C)C)CC5)cc4C)no3)nn(CC)c2C1. The van der Waals surface area contributed by atoms with Gasteiger partial charge in [0.1, 0.15) is 5.60 Å². The number of hydrogen-bond donors (Lipinski definition) is 0. The molecule has 0 saturated carbocycles. The first-order chi connectivity index (χ1) is 17.6. The van der Waals surface area contributed by atoms with Gasteiger partial charge in [0, 0.05) is 42.9 Å². The molecule has 0 N–H and O–H groups in total. The molecule has 1 aliphatic carbocycles. The van der Waals surface area contributed by atoms with Crippen molar-refractivity contribution in [1.29, 1.82) is 0 Å². The molecule has 2 aromatic heterocycles. The number of nitrogens with zero attached hydrogens (tertiary/aromatic N) is 5. The zero-order valence-electron chi connectivity index (χ0n) is 22.6. The van der Waals surface area contributed by atoms with E-state index in [1.54, 1.807) is 0 Å². The van der Waals surface area contributed by atoms with Gasteiger partial charge in [-0.1, -0.05) is 35.5 Å². The lowest BCUT2D eigenvalue weighted by Gasteiger charge is -2.33. The van der Waals surface area contributed by atoms with E-state index in [2.05, 4.69) is 43.8 Å². The standard InChI is InChI=1S/C29H37N5O3/c1-7-34-24-16-18(2)8-10-23(24)25(31-34)27-30-26(32-37-27)22-11-9-21(17-19(22)3)20-12-14-33(15-13-20)28(35)36-29(4,5)6/h9,11,17,20H,2,7-8,10,12-16H2,1,3-6H3. The highest BCUT2D eigenvalue weighted by Crippen LogP contribution is 2.35. The summed E-state index contributed by atoms with van der Waals surface area (Å²) in [5, 5.41) is 9.11. The first-order valence-electron chi connectivity index (χ1n) is 13.3. The number of aryl methyl sites for hydroxylation is 2. The summed E-state index contributed by atoms with van der Waals surface area (Å²) in [6, 6.07) is 6.47. The van der Waals surface area contributed by atoms with Crippen molar-refractivity contribution in [3.8, 4) is 23.0 Å². The highest BCUT2D eigenvalue weighted by atomic mass is 16.6. The molecule has 0 unspecified atom stereocenters. The van der Waals surface area contributed by atoms with E-state index >= 15 is 0 Å². The van der Waals surface area contributed by atoms with Crippen molar-refractivity contribution < 1.29 is 14.1 Å². The fraction of sp³-hybridized carbons (Fsp3) is 0.517. The predicted octanol–water partition coefficient (Wildman–Crippen LogP) is 6.09. The summed E-state index contributed by atoms with van der Waals surface area (Å²) in [7, 11) is 0. The van der Waals surface area contributed by atoms with E-state index in [9.17, 15) is 4.79 Å². The smallest absolute Gasteiger partial charge is 0.410 e. The van der Waals surface area contributed by atoms with Crippen molar-refractivity contribution in [2.75, 3.05) is 13.1 Å². The third-order valence-electron chi connectivity index (χ3n) is 7.35. The van der Waals surface area contributed by atoms with Gasteiger partial charge in [-0.05, 0) is 77.3 Å². The minimum atomic E-state index is -0.472. The Morgan fingerprint density at radius 2 is 1.97 bits per heavy atom. The average Bonchev–Trinajstić information content (AvgIpc) is 3.47. The lowest BCUT2D eigenvalue weighted by Crippen LogP contribution is -2.41. The van der Waals surface area contributed by atoms with Crippen LogP contribution in [0, 0.1) is 6.92 Å². The second-order valence-electron chi connectivity index (χ2n) is 11.3. The van der Waals surface area contributed by atoms with Crippen LogP contribution in [0.1, 0.15) is 75.3 Å². The number of hydrogen-bond acceptors (Lipinski definition) is 6. The third kappa shape index (κ3) is 5.20. The normalized spacial score (nSPS) is 16.7. The molecule has 196 valence electrons. The van der Waals surface area contributed by atoms with Crippen molar-refractivity contribution in [2.24, 2.45) is 0 Å². The third-order valence-corrected chi connectivity index (χ3v) is 7.35. The molecule has 0 atom stereocenters. The van der Waals surface area contributed by atoms with Gasteiger partial charge in [0.05, 0.1) is 0 Å². The van der Waals surface area contributed by atoms with Crippen LogP contribution in [-0.4, -0.2) is 49.6 Å². The van der Waals surface area contributed by atoms with E-state index < -0.39 is 5.60 Å². The van der Waals surface area contributed by atoms with E-state index in [4.69, 9.17) is 19.3 Å². The fourth-order valence-corrected chi connectivity index (χ4v) is 5.40. The summed E-state index contributed by atoms with van der Waals surface area (Å²) in [5.41, 5.74) is 7.34. The van der Waals surface area contributed by atoms with Crippen molar-refractivity contribution in [3.05, 3.63) is 52.7 Å². The molecular formula is C29H37N5O3. The van der Waals surface area contributed by atoms with Crippen molar-refractivity contribution in [1.82, 2.24) is 24.8 Å². The van der Waals surface area contributed by atoms with Gasteiger partial charge in [-0.25, -0.2) is 4.79 Å². The van der Waals surface area contributed by atoms with Gasteiger partial charge in [0.15, 0.2) is 5.69 Å². The Morgan fingerprint density at radius 1 is 1.22 bits per heavy atom. The van der Waals surface area contributed by atoms with Crippen LogP contribution in [0.25, 0.3) is 23.0 Å². The minimum Gasteiger partial charge on any atom is -0.444 e. The first-order valence-corrected chi connectivity index (χ1v) is 13.3. The van der Waals surface area contributed by atoms with Crippen molar-refractivity contribution in [3.63, 3.8) is 0 Å². The van der Waals surface area contributed by atoms with E-state index in [1.807, 2.05) is 30.4 Å². The quantitative estimate of drug-likeness (QED) is 0.401. The van der Waals surface area contributed by atoms with E-state index in [1.165, 1.54) is 22.4 Å². The van der Waals surface area contributed by atoms with Crippen LogP contribution >= 0.6 is 0 Å². The molecule has 8 nitrogen and oxygen atoms in total. The second kappa shape index (κ2) is 9.80. The van der Waals surface area contributed by atoms with E-state index in [-0.39, 0.29) is 6.09 Å². The van der Waals surface area contributed by atoms with Gasteiger partial charge >= 0.3 is 6.09 Å². The van der Waals surface area contributed by atoms with E-state index in [0.717, 1.165) is 55.5 Å².